The lowest BCUT2D eigenvalue weighted by atomic mass is 10.1. The van der Waals surface area contributed by atoms with Crippen LogP contribution in [-0.2, 0) is 4.74 Å². The summed E-state index contributed by atoms with van der Waals surface area (Å²) in [5.41, 5.74) is 5.34. The van der Waals surface area contributed by atoms with Crippen molar-refractivity contribution < 1.29 is 23.8 Å². The predicted octanol–water partition coefficient (Wildman–Crippen LogP) is 1.25. The van der Waals surface area contributed by atoms with Crippen LogP contribution in [0, 0.1) is 5.82 Å². The summed E-state index contributed by atoms with van der Waals surface area (Å²) < 4.78 is 27.8. The molecule has 2 aliphatic heterocycles. The molecular formula is C19H20FN3O5. The summed E-state index contributed by atoms with van der Waals surface area (Å²) in [7, 11) is 1.37. The van der Waals surface area contributed by atoms with Crippen LogP contribution < -0.4 is 20.8 Å². The van der Waals surface area contributed by atoms with Gasteiger partial charge in [0.05, 0.1) is 30.7 Å². The van der Waals surface area contributed by atoms with Gasteiger partial charge in [-0.2, -0.15) is 0 Å². The number of carboxylic acid groups (broad SMARTS) is 1. The van der Waals surface area contributed by atoms with Gasteiger partial charge in [-0.3, -0.25) is 4.79 Å². The summed E-state index contributed by atoms with van der Waals surface area (Å²) in [6, 6.07) is 0.678. The van der Waals surface area contributed by atoms with Crippen LogP contribution in [0.5, 0.6) is 5.75 Å². The van der Waals surface area contributed by atoms with Gasteiger partial charge >= 0.3 is 5.97 Å². The summed E-state index contributed by atoms with van der Waals surface area (Å²) in [6.45, 7) is 4.58. The second-order valence-corrected chi connectivity index (χ2v) is 6.91. The highest BCUT2D eigenvalue weighted by atomic mass is 19.1. The molecule has 2 saturated heterocycles. The highest BCUT2D eigenvalue weighted by molar-refractivity contribution is 5.97. The first-order chi connectivity index (χ1) is 13.4. The maximum absolute atomic E-state index is 15.2. The number of benzene rings is 1. The number of carbonyl (C=O) groups is 1. The van der Waals surface area contributed by atoms with Crippen molar-refractivity contribution in [2.75, 3.05) is 25.2 Å². The average molecular weight is 389 g/mol. The molecule has 3 heterocycles. The van der Waals surface area contributed by atoms with Gasteiger partial charge in [0.1, 0.15) is 16.8 Å². The first kappa shape index (κ1) is 18.5. The molecule has 0 amide bonds. The first-order valence-electron chi connectivity index (χ1n) is 8.84. The molecule has 0 bridgehead atoms. The molecule has 0 aliphatic carbocycles. The molecule has 3 unspecified atom stereocenters. The zero-order valence-corrected chi connectivity index (χ0v) is 15.2. The molecule has 28 heavy (non-hydrogen) atoms. The summed E-state index contributed by atoms with van der Waals surface area (Å²) in [4.78, 5) is 25.8. The fourth-order valence-electron chi connectivity index (χ4n) is 4.27. The van der Waals surface area contributed by atoms with Crippen LogP contribution in [0.1, 0.15) is 16.8 Å². The SMILES string of the molecule is C=Cn1cc(C(=O)O)c(=O)c2cc(F)c(N3CC(N)C4OCCC43)c(OC)c21. The molecule has 4 rings (SSSR count). The van der Waals surface area contributed by atoms with Crippen molar-refractivity contribution in [1.29, 1.82) is 0 Å². The van der Waals surface area contributed by atoms with Gasteiger partial charge in [0, 0.05) is 25.5 Å². The summed E-state index contributed by atoms with van der Waals surface area (Å²) in [6.07, 6.45) is 3.00. The van der Waals surface area contributed by atoms with Gasteiger partial charge in [-0.1, -0.05) is 6.58 Å². The number of hydrogen-bond acceptors (Lipinski definition) is 6. The Hall–Kier alpha value is -2.91. The predicted molar refractivity (Wildman–Crippen MR) is 102 cm³/mol. The Bertz CT molecular complexity index is 1050. The molecule has 2 fully saturated rings. The number of carboxylic acids is 1. The third-order valence-electron chi connectivity index (χ3n) is 5.45. The number of rotatable bonds is 4. The Morgan fingerprint density at radius 3 is 2.93 bits per heavy atom. The van der Waals surface area contributed by atoms with Crippen molar-refractivity contribution in [1.82, 2.24) is 4.57 Å². The number of aromatic carboxylic acids is 1. The molecule has 3 atom stereocenters. The standard InChI is InChI=1S/C19H20FN3O5/c1-3-22-7-10(19(25)26)16(24)9-6-11(20)15(18(27-2)14(9)22)23-8-12(21)17-13(23)4-5-28-17/h3,6-7,12-13,17H,1,4-5,8,21H2,2H3,(H,25,26). The fourth-order valence-corrected chi connectivity index (χ4v) is 4.27. The summed E-state index contributed by atoms with van der Waals surface area (Å²) in [5.74, 6) is -1.95. The van der Waals surface area contributed by atoms with E-state index >= 15 is 4.39 Å². The highest BCUT2D eigenvalue weighted by Gasteiger charge is 2.46. The van der Waals surface area contributed by atoms with Crippen molar-refractivity contribution in [3.8, 4) is 5.75 Å². The molecule has 1 aromatic heterocycles. The van der Waals surface area contributed by atoms with E-state index in [9.17, 15) is 14.7 Å². The molecule has 3 N–H and O–H groups in total. The lowest BCUT2D eigenvalue weighted by molar-refractivity contribution is 0.0695. The Morgan fingerprint density at radius 2 is 2.29 bits per heavy atom. The minimum Gasteiger partial charge on any atom is -0.492 e. The van der Waals surface area contributed by atoms with Crippen LogP contribution in [0.3, 0.4) is 0 Å². The Morgan fingerprint density at radius 1 is 1.54 bits per heavy atom. The molecule has 9 heteroatoms. The molecule has 1 aromatic carbocycles. The maximum atomic E-state index is 15.2. The number of pyridine rings is 1. The number of aromatic nitrogens is 1. The van der Waals surface area contributed by atoms with E-state index in [-0.39, 0.29) is 40.5 Å². The zero-order chi connectivity index (χ0) is 20.2. The van der Waals surface area contributed by atoms with Crippen LogP contribution in [0.4, 0.5) is 10.1 Å². The smallest absolute Gasteiger partial charge is 0.341 e. The molecule has 2 aromatic rings. The molecule has 0 radical (unpaired) electrons. The van der Waals surface area contributed by atoms with Crippen LogP contribution in [0.2, 0.25) is 0 Å². The number of fused-ring (bicyclic) bond motifs is 2. The number of hydrogen-bond donors (Lipinski definition) is 2. The number of halogens is 1. The second-order valence-electron chi connectivity index (χ2n) is 6.91. The number of nitrogens with zero attached hydrogens (tertiary/aromatic N) is 2. The largest absolute Gasteiger partial charge is 0.492 e. The minimum atomic E-state index is -1.40. The quantitative estimate of drug-likeness (QED) is 0.810. The third kappa shape index (κ3) is 2.50. The minimum absolute atomic E-state index is 0.0967. The number of anilines is 1. The van der Waals surface area contributed by atoms with Crippen LogP contribution >= 0.6 is 0 Å². The lowest BCUT2D eigenvalue weighted by Crippen LogP contribution is -2.35. The summed E-state index contributed by atoms with van der Waals surface area (Å²) in [5, 5.41) is 9.19. The second kappa shape index (κ2) is 6.61. The summed E-state index contributed by atoms with van der Waals surface area (Å²) >= 11 is 0. The van der Waals surface area contributed by atoms with E-state index < -0.39 is 22.8 Å². The Balaban J connectivity index is 2.03. The van der Waals surface area contributed by atoms with Crippen molar-refractivity contribution in [2.24, 2.45) is 5.73 Å². The van der Waals surface area contributed by atoms with Crippen LogP contribution in [-0.4, -0.2) is 54.1 Å². The number of methoxy groups -OCH3 is 1. The van der Waals surface area contributed by atoms with E-state index in [1.165, 1.54) is 17.9 Å². The van der Waals surface area contributed by atoms with E-state index in [4.69, 9.17) is 15.2 Å². The van der Waals surface area contributed by atoms with Gasteiger partial charge in [0.25, 0.3) is 0 Å². The van der Waals surface area contributed by atoms with Crippen molar-refractivity contribution >= 4 is 28.8 Å². The van der Waals surface area contributed by atoms with Crippen LogP contribution in [0.25, 0.3) is 17.1 Å². The van der Waals surface area contributed by atoms with E-state index in [0.717, 1.165) is 12.3 Å². The van der Waals surface area contributed by atoms with Gasteiger partial charge in [0.15, 0.2) is 11.6 Å². The van der Waals surface area contributed by atoms with Crippen molar-refractivity contribution in [2.45, 2.75) is 24.6 Å². The average Bonchev–Trinajstić information content (AvgIpc) is 3.25. The number of ether oxygens (including phenoxy) is 2. The molecular weight excluding hydrogens is 369 g/mol. The topological polar surface area (TPSA) is 107 Å². The first-order valence-corrected chi connectivity index (χ1v) is 8.84. The zero-order valence-electron chi connectivity index (χ0n) is 15.2. The van der Waals surface area contributed by atoms with Crippen molar-refractivity contribution in [3.05, 3.63) is 40.4 Å². The normalized spacial score (nSPS) is 23.8. The van der Waals surface area contributed by atoms with E-state index in [1.54, 1.807) is 0 Å². The highest BCUT2D eigenvalue weighted by Crippen LogP contribution is 2.43. The lowest BCUT2D eigenvalue weighted by Gasteiger charge is -2.28. The molecule has 148 valence electrons. The van der Waals surface area contributed by atoms with Gasteiger partial charge in [0.2, 0.25) is 5.43 Å². The van der Waals surface area contributed by atoms with Gasteiger partial charge in [-0.25, -0.2) is 9.18 Å². The van der Waals surface area contributed by atoms with E-state index in [0.29, 0.717) is 19.6 Å². The van der Waals surface area contributed by atoms with E-state index in [2.05, 4.69) is 6.58 Å². The number of nitrogens with two attached hydrogens (primary N) is 1. The fraction of sp³-hybridized carbons (Fsp3) is 0.368. The Kier molecular flexibility index (Phi) is 4.35. The van der Waals surface area contributed by atoms with Gasteiger partial charge in [-0.05, 0) is 12.5 Å². The maximum Gasteiger partial charge on any atom is 0.341 e. The third-order valence-corrected chi connectivity index (χ3v) is 5.45. The van der Waals surface area contributed by atoms with E-state index in [1.807, 2.05) is 4.90 Å². The Labute approximate surface area is 159 Å². The molecule has 0 spiro atoms. The molecule has 8 nitrogen and oxygen atoms in total. The van der Waals surface area contributed by atoms with Gasteiger partial charge in [-0.15, -0.1) is 0 Å². The molecule has 0 saturated carbocycles. The van der Waals surface area contributed by atoms with Gasteiger partial charge < -0.3 is 29.8 Å². The van der Waals surface area contributed by atoms with Crippen LogP contribution in [0.15, 0.2) is 23.6 Å². The monoisotopic (exact) mass is 389 g/mol. The molecule has 2 aliphatic rings. The van der Waals surface area contributed by atoms with Crippen molar-refractivity contribution in [3.63, 3.8) is 0 Å².